The lowest BCUT2D eigenvalue weighted by Crippen LogP contribution is -2.46. The maximum Gasteiger partial charge on any atom is 0.266 e. The van der Waals surface area contributed by atoms with Crippen LogP contribution in [0.1, 0.15) is 29.1 Å². The highest BCUT2D eigenvalue weighted by molar-refractivity contribution is 5.76. The first-order chi connectivity index (χ1) is 13.0. The van der Waals surface area contributed by atoms with Gasteiger partial charge in [-0.3, -0.25) is 4.90 Å². The average Bonchev–Trinajstić information content (AvgIpc) is 3.07. The number of para-hydroxylation sites is 1. The topological polar surface area (TPSA) is 58.3 Å². The molecule has 3 aromatic rings. The molecule has 4 rings (SSSR count). The summed E-state index contributed by atoms with van der Waals surface area (Å²) in [5.74, 6) is 1.45. The third-order valence-corrected chi connectivity index (χ3v) is 5.07. The Morgan fingerprint density at radius 2 is 1.89 bits per heavy atom. The van der Waals surface area contributed by atoms with Gasteiger partial charge in [-0.25, -0.2) is 23.7 Å². The Balaban J connectivity index is 1.44. The molecule has 0 aliphatic carbocycles. The fourth-order valence-corrected chi connectivity index (χ4v) is 3.41. The molecule has 1 saturated heterocycles. The van der Waals surface area contributed by atoms with Crippen LogP contribution in [-0.2, 0) is 6.54 Å². The van der Waals surface area contributed by atoms with Gasteiger partial charge in [-0.15, -0.1) is 0 Å². The van der Waals surface area contributed by atoms with E-state index in [4.69, 9.17) is 4.42 Å². The van der Waals surface area contributed by atoms with Gasteiger partial charge in [0.25, 0.3) is 6.43 Å². The Hall–Kier alpha value is -2.61. The first-order valence-electron chi connectivity index (χ1n) is 8.95. The molecule has 0 saturated carbocycles. The van der Waals surface area contributed by atoms with E-state index in [2.05, 4.69) is 24.8 Å². The maximum absolute atomic E-state index is 13.1. The zero-order chi connectivity index (χ0) is 19.0. The van der Waals surface area contributed by atoms with Crippen molar-refractivity contribution in [3.05, 3.63) is 47.2 Å². The molecule has 1 aliphatic rings. The number of halogens is 2. The molecule has 2 aromatic heterocycles. The number of aryl methyl sites for hydroxylation is 1. The summed E-state index contributed by atoms with van der Waals surface area (Å²) in [6, 6.07) is 4.64. The van der Waals surface area contributed by atoms with Gasteiger partial charge in [0.1, 0.15) is 17.7 Å². The number of nitrogens with zero attached hydrogens (tertiary/aromatic N) is 5. The normalized spacial score (nSPS) is 15.8. The summed E-state index contributed by atoms with van der Waals surface area (Å²) >= 11 is 0. The molecule has 0 N–H and O–H groups in total. The minimum atomic E-state index is -2.56. The van der Waals surface area contributed by atoms with Crippen LogP contribution in [0.5, 0.6) is 0 Å². The van der Waals surface area contributed by atoms with Crippen LogP contribution < -0.4 is 4.90 Å². The lowest BCUT2D eigenvalue weighted by Gasteiger charge is -2.35. The van der Waals surface area contributed by atoms with Gasteiger partial charge in [0, 0.05) is 43.0 Å². The number of alkyl halides is 2. The van der Waals surface area contributed by atoms with Gasteiger partial charge in [0.05, 0.1) is 6.54 Å². The number of hydrogen-bond acceptors (Lipinski definition) is 6. The van der Waals surface area contributed by atoms with Crippen molar-refractivity contribution >= 4 is 16.9 Å². The quantitative estimate of drug-likeness (QED) is 0.698. The predicted octanol–water partition coefficient (Wildman–Crippen LogP) is 3.49. The molecular weight excluding hydrogens is 352 g/mol. The Labute approximate surface area is 155 Å². The molecule has 1 aromatic carbocycles. The van der Waals surface area contributed by atoms with Crippen molar-refractivity contribution in [3.8, 4) is 0 Å². The number of rotatable bonds is 4. The Kier molecular flexibility index (Phi) is 4.73. The van der Waals surface area contributed by atoms with Gasteiger partial charge < -0.3 is 9.32 Å². The number of oxazole rings is 1. The zero-order valence-electron chi connectivity index (χ0n) is 15.3. The van der Waals surface area contributed by atoms with Gasteiger partial charge in [0.2, 0.25) is 5.89 Å². The van der Waals surface area contributed by atoms with E-state index in [-0.39, 0.29) is 11.1 Å². The second-order valence-corrected chi connectivity index (χ2v) is 6.77. The highest BCUT2D eigenvalue weighted by Gasteiger charge is 2.22. The molecule has 0 spiro atoms. The van der Waals surface area contributed by atoms with Gasteiger partial charge in [-0.1, -0.05) is 12.1 Å². The number of piperazine rings is 1. The minimum absolute atomic E-state index is 0.0816. The molecule has 0 bridgehead atoms. The van der Waals surface area contributed by atoms with Crippen LogP contribution in [0.4, 0.5) is 14.6 Å². The van der Waals surface area contributed by atoms with Crippen LogP contribution in [0.3, 0.4) is 0 Å². The smallest absolute Gasteiger partial charge is 0.266 e. The number of anilines is 1. The molecule has 0 atom stereocenters. The highest BCUT2D eigenvalue weighted by Crippen LogP contribution is 2.28. The monoisotopic (exact) mass is 373 g/mol. The van der Waals surface area contributed by atoms with Crippen LogP contribution in [-0.4, -0.2) is 46.0 Å². The van der Waals surface area contributed by atoms with Crippen molar-refractivity contribution in [3.63, 3.8) is 0 Å². The fraction of sp³-hybridized carbons (Fsp3) is 0.421. The summed E-state index contributed by atoms with van der Waals surface area (Å²) in [6.07, 6.45) is -0.960. The van der Waals surface area contributed by atoms with E-state index in [9.17, 15) is 8.78 Å². The largest absolute Gasteiger partial charge is 0.439 e. The van der Waals surface area contributed by atoms with E-state index in [0.29, 0.717) is 18.0 Å². The van der Waals surface area contributed by atoms with Gasteiger partial charge in [-0.2, -0.15) is 0 Å². The third-order valence-electron chi connectivity index (χ3n) is 5.07. The zero-order valence-corrected chi connectivity index (χ0v) is 15.3. The second-order valence-electron chi connectivity index (χ2n) is 6.77. The second kappa shape index (κ2) is 7.19. The van der Waals surface area contributed by atoms with E-state index < -0.39 is 6.43 Å². The number of fused-ring (bicyclic) bond motifs is 1. The molecule has 1 aliphatic heterocycles. The van der Waals surface area contributed by atoms with Crippen molar-refractivity contribution in [1.82, 2.24) is 19.9 Å². The Bertz CT molecular complexity index is 950. The summed E-state index contributed by atoms with van der Waals surface area (Å²) in [7, 11) is 0. The van der Waals surface area contributed by atoms with Crippen molar-refractivity contribution < 1.29 is 13.2 Å². The predicted molar refractivity (Wildman–Crippen MR) is 98.0 cm³/mol. The summed E-state index contributed by atoms with van der Waals surface area (Å²) in [4.78, 5) is 17.4. The maximum atomic E-state index is 13.1. The summed E-state index contributed by atoms with van der Waals surface area (Å²) in [5, 5.41) is 0. The Morgan fingerprint density at radius 1 is 1.11 bits per heavy atom. The number of benzene rings is 1. The van der Waals surface area contributed by atoms with E-state index in [1.165, 1.54) is 6.07 Å². The first kappa shape index (κ1) is 17.8. The summed E-state index contributed by atoms with van der Waals surface area (Å²) in [5.41, 5.74) is 2.68. The molecule has 1 fully saturated rings. The summed E-state index contributed by atoms with van der Waals surface area (Å²) in [6.45, 7) is 7.84. The van der Waals surface area contributed by atoms with Crippen molar-refractivity contribution in [2.45, 2.75) is 26.8 Å². The molecule has 3 heterocycles. The van der Waals surface area contributed by atoms with Crippen molar-refractivity contribution in [2.24, 2.45) is 0 Å². The van der Waals surface area contributed by atoms with E-state index in [0.717, 1.165) is 43.3 Å². The van der Waals surface area contributed by atoms with Crippen LogP contribution in [0.15, 0.2) is 28.9 Å². The molecule has 142 valence electrons. The van der Waals surface area contributed by atoms with Crippen LogP contribution in [0.25, 0.3) is 11.1 Å². The number of hydrogen-bond donors (Lipinski definition) is 0. The van der Waals surface area contributed by atoms with Crippen LogP contribution >= 0.6 is 0 Å². The molecule has 0 radical (unpaired) electrons. The van der Waals surface area contributed by atoms with Gasteiger partial charge in [0.15, 0.2) is 5.58 Å². The molecule has 27 heavy (non-hydrogen) atoms. The first-order valence-corrected chi connectivity index (χ1v) is 8.95. The average molecular weight is 373 g/mol. The van der Waals surface area contributed by atoms with Gasteiger partial charge >= 0.3 is 0 Å². The minimum Gasteiger partial charge on any atom is -0.439 e. The van der Waals surface area contributed by atoms with E-state index >= 15 is 0 Å². The van der Waals surface area contributed by atoms with Crippen molar-refractivity contribution in [1.29, 1.82) is 0 Å². The molecule has 0 amide bonds. The van der Waals surface area contributed by atoms with E-state index in [1.807, 2.05) is 13.8 Å². The summed E-state index contributed by atoms with van der Waals surface area (Å²) < 4.78 is 31.9. The third kappa shape index (κ3) is 3.49. The van der Waals surface area contributed by atoms with Crippen LogP contribution in [0.2, 0.25) is 0 Å². The fourth-order valence-electron chi connectivity index (χ4n) is 3.41. The molecule has 0 unspecified atom stereocenters. The standard InChI is InChI=1S/C19H21F2N5O/c1-12-13(2)22-11-23-19(12)26-8-6-25(7-9-26)10-16-24-17-14(18(20)21)4-3-5-15(17)27-16/h3-5,11,18H,6-10H2,1-2H3. The van der Waals surface area contributed by atoms with Crippen molar-refractivity contribution in [2.75, 3.05) is 31.1 Å². The SMILES string of the molecule is Cc1ncnc(N2CCN(Cc3nc4c(C(F)F)cccc4o3)CC2)c1C. The number of aromatic nitrogens is 3. The van der Waals surface area contributed by atoms with Crippen LogP contribution in [0, 0.1) is 13.8 Å². The molecule has 8 heteroatoms. The van der Waals surface area contributed by atoms with Gasteiger partial charge in [-0.05, 0) is 19.9 Å². The Morgan fingerprint density at radius 3 is 2.63 bits per heavy atom. The lowest BCUT2D eigenvalue weighted by molar-refractivity contribution is 0.153. The highest BCUT2D eigenvalue weighted by atomic mass is 19.3. The molecule has 6 nitrogen and oxygen atoms in total. The lowest BCUT2D eigenvalue weighted by atomic mass is 10.2. The van der Waals surface area contributed by atoms with E-state index in [1.54, 1.807) is 18.5 Å². The molecular formula is C19H21F2N5O.